The standard InChI is InChI=1S/C29H52O/c1-7-21(19(2)3)9-8-20(4)25-12-13-26-24-11-10-22-18-23(30)14-16-28(22,5)27(24)15-17-29(25,26)6/h19-27,30H,7-18H2,1-6H3/t20?,21?,22-,23+,24?,25?,26?,27?,28?,29?/m0/s1. The molecule has 174 valence electrons. The topological polar surface area (TPSA) is 20.2 Å². The van der Waals surface area contributed by atoms with E-state index in [1.165, 1.54) is 64.2 Å². The predicted octanol–water partition coefficient (Wildman–Crippen LogP) is 8.10. The molecule has 0 amide bonds. The molecule has 4 fully saturated rings. The second-order valence-corrected chi connectivity index (χ2v) is 13.3. The third-order valence-corrected chi connectivity index (χ3v) is 11.9. The molecule has 4 rings (SSSR count). The molecule has 4 aliphatic rings. The van der Waals surface area contributed by atoms with Crippen molar-refractivity contribution in [3.63, 3.8) is 0 Å². The van der Waals surface area contributed by atoms with Gasteiger partial charge >= 0.3 is 0 Å². The van der Waals surface area contributed by atoms with E-state index in [0.29, 0.717) is 10.8 Å². The Balaban J connectivity index is 1.45. The smallest absolute Gasteiger partial charge is 0.0543 e. The van der Waals surface area contributed by atoms with E-state index in [1.807, 2.05) is 0 Å². The number of aliphatic hydroxyl groups excluding tert-OH is 1. The Morgan fingerprint density at radius 1 is 0.833 bits per heavy atom. The molecule has 1 heteroatoms. The highest BCUT2D eigenvalue weighted by Crippen LogP contribution is 2.68. The molecule has 10 atom stereocenters. The lowest BCUT2D eigenvalue weighted by Gasteiger charge is -2.61. The minimum absolute atomic E-state index is 0.0111. The van der Waals surface area contributed by atoms with Gasteiger partial charge in [0.15, 0.2) is 0 Å². The first-order chi connectivity index (χ1) is 14.2. The van der Waals surface area contributed by atoms with Crippen molar-refractivity contribution in [2.75, 3.05) is 0 Å². The van der Waals surface area contributed by atoms with Crippen LogP contribution in [-0.4, -0.2) is 11.2 Å². The van der Waals surface area contributed by atoms with Crippen LogP contribution in [0, 0.1) is 58.2 Å². The van der Waals surface area contributed by atoms with Crippen LogP contribution in [0.4, 0.5) is 0 Å². The SMILES string of the molecule is CCC(CCC(C)C1CCC2C3CC[C@H]4C[C@H](O)CCC4(C)C3CCC12C)C(C)C. The summed E-state index contributed by atoms with van der Waals surface area (Å²) in [6.07, 6.45) is 16.5. The molecule has 4 aliphatic carbocycles. The minimum atomic E-state index is -0.0111. The van der Waals surface area contributed by atoms with Crippen LogP contribution in [0.15, 0.2) is 0 Å². The lowest BCUT2D eigenvalue weighted by molar-refractivity contribution is -0.129. The summed E-state index contributed by atoms with van der Waals surface area (Å²) in [5.41, 5.74) is 1.14. The number of hydrogen-bond donors (Lipinski definition) is 1. The summed E-state index contributed by atoms with van der Waals surface area (Å²) in [7, 11) is 0. The summed E-state index contributed by atoms with van der Waals surface area (Å²) in [4.78, 5) is 0. The second kappa shape index (κ2) is 8.72. The molecule has 8 unspecified atom stereocenters. The largest absolute Gasteiger partial charge is 0.393 e. The maximum Gasteiger partial charge on any atom is 0.0543 e. The van der Waals surface area contributed by atoms with Gasteiger partial charge in [-0.1, -0.05) is 54.4 Å². The fourth-order valence-electron chi connectivity index (χ4n) is 9.90. The number of hydrogen-bond acceptors (Lipinski definition) is 1. The van der Waals surface area contributed by atoms with Crippen molar-refractivity contribution in [2.24, 2.45) is 58.2 Å². The Hall–Kier alpha value is -0.0400. The van der Waals surface area contributed by atoms with Gasteiger partial charge in [0.05, 0.1) is 6.10 Å². The van der Waals surface area contributed by atoms with Gasteiger partial charge in [-0.15, -0.1) is 0 Å². The summed E-state index contributed by atoms with van der Waals surface area (Å²) in [6.45, 7) is 15.2. The number of rotatable bonds is 6. The van der Waals surface area contributed by atoms with Gasteiger partial charge < -0.3 is 5.11 Å². The van der Waals surface area contributed by atoms with E-state index in [4.69, 9.17) is 0 Å². The van der Waals surface area contributed by atoms with Crippen molar-refractivity contribution in [1.82, 2.24) is 0 Å². The Bertz CT molecular complexity index is 583. The highest BCUT2D eigenvalue weighted by atomic mass is 16.3. The molecule has 0 saturated heterocycles. The summed E-state index contributed by atoms with van der Waals surface area (Å²) >= 11 is 0. The maximum atomic E-state index is 10.3. The van der Waals surface area contributed by atoms with Gasteiger partial charge in [-0.05, 0) is 122 Å². The van der Waals surface area contributed by atoms with Gasteiger partial charge in [-0.2, -0.15) is 0 Å². The van der Waals surface area contributed by atoms with Crippen LogP contribution >= 0.6 is 0 Å². The Morgan fingerprint density at radius 2 is 1.53 bits per heavy atom. The molecule has 0 heterocycles. The molecule has 0 spiro atoms. The Kier molecular flexibility index (Phi) is 6.72. The van der Waals surface area contributed by atoms with Crippen molar-refractivity contribution in [3.05, 3.63) is 0 Å². The molecule has 1 N–H and O–H groups in total. The van der Waals surface area contributed by atoms with E-state index in [9.17, 15) is 5.11 Å². The van der Waals surface area contributed by atoms with E-state index < -0.39 is 0 Å². The zero-order valence-electron chi connectivity index (χ0n) is 21.1. The lowest BCUT2D eigenvalue weighted by atomic mass is 9.44. The first-order valence-corrected chi connectivity index (χ1v) is 13.9. The van der Waals surface area contributed by atoms with Crippen LogP contribution in [0.25, 0.3) is 0 Å². The quantitative estimate of drug-likeness (QED) is 0.463. The van der Waals surface area contributed by atoms with Crippen LogP contribution in [0.3, 0.4) is 0 Å². The van der Waals surface area contributed by atoms with Gasteiger partial charge in [-0.25, -0.2) is 0 Å². The summed E-state index contributed by atoms with van der Waals surface area (Å²) < 4.78 is 0. The molecule has 0 aliphatic heterocycles. The molecular formula is C29H52O. The Morgan fingerprint density at radius 3 is 2.23 bits per heavy atom. The first kappa shape index (κ1) is 23.1. The van der Waals surface area contributed by atoms with E-state index in [0.717, 1.165) is 60.2 Å². The Labute approximate surface area is 188 Å². The number of fused-ring (bicyclic) bond motifs is 5. The second-order valence-electron chi connectivity index (χ2n) is 13.3. The summed E-state index contributed by atoms with van der Waals surface area (Å²) in [5.74, 6) is 7.34. The average Bonchev–Trinajstić information content (AvgIpc) is 3.06. The van der Waals surface area contributed by atoms with E-state index in [1.54, 1.807) is 0 Å². The zero-order chi connectivity index (χ0) is 21.7. The molecule has 0 aromatic heterocycles. The van der Waals surface area contributed by atoms with E-state index in [2.05, 4.69) is 41.5 Å². The van der Waals surface area contributed by atoms with Crippen LogP contribution in [0.5, 0.6) is 0 Å². The van der Waals surface area contributed by atoms with Crippen LogP contribution < -0.4 is 0 Å². The minimum Gasteiger partial charge on any atom is -0.393 e. The van der Waals surface area contributed by atoms with Crippen molar-refractivity contribution in [3.8, 4) is 0 Å². The van der Waals surface area contributed by atoms with Crippen LogP contribution in [-0.2, 0) is 0 Å². The van der Waals surface area contributed by atoms with Crippen molar-refractivity contribution < 1.29 is 5.11 Å². The van der Waals surface area contributed by atoms with Crippen molar-refractivity contribution in [2.45, 2.75) is 125 Å². The molecule has 30 heavy (non-hydrogen) atoms. The van der Waals surface area contributed by atoms with Crippen LogP contribution in [0.1, 0.15) is 119 Å². The third kappa shape index (κ3) is 3.82. The first-order valence-electron chi connectivity index (χ1n) is 13.9. The fourth-order valence-corrected chi connectivity index (χ4v) is 9.90. The van der Waals surface area contributed by atoms with E-state index >= 15 is 0 Å². The normalized spacial score (nSPS) is 48.0. The van der Waals surface area contributed by atoms with Gasteiger partial charge in [0.2, 0.25) is 0 Å². The maximum absolute atomic E-state index is 10.3. The van der Waals surface area contributed by atoms with Gasteiger partial charge in [-0.3, -0.25) is 0 Å². The van der Waals surface area contributed by atoms with Gasteiger partial charge in [0.1, 0.15) is 0 Å². The monoisotopic (exact) mass is 416 g/mol. The van der Waals surface area contributed by atoms with Crippen molar-refractivity contribution in [1.29, 1.82) is 0 Å². The molecule has 0 radical (unpaired) electrons. The molecular weight excluding hydrogens is 364 g/mol. The molecule has 1 nitrogen and oxygen atoms in total. The summed E-state index contributed by atoms with van der Waals surface area (Å²) in [5, 5.41) is 10.3. The highest BCUT2D eigenvalue weighted by molar-refractivity contribution is 5.09. The van der Waals surface area contributed by atoms with Crippen LogP contribution in [0.2, 0.25) is 0 Å². The molecule has 0 bridgehead atoms. The summed E-state index contributed by atoms with van der Waals surface area (Å²) in [6, 6.07) is 0. The third-order valence-electron chi connectivity index (χ3n) is 11.9. The highest BCUT2D eigenvalue weighted by Gasteiger charge is 2.60. The van der Waals surface area contributed by atoms with Crippen molar-refractivity contribution >= 4 is 0 Å². The fraction of sp³-hybridized carbons (Fsp3) is 1.00. The molecule has 0 aromatic rings. The van der Waals surface area contributed by atoms with Gasteiger partial charge in [0, 0.05) is 0 Å². The lowest BCUT2D eigenvalue weighted by Crippen LogP contribution is -2.54. The molecule has 0 aromatic carbocycles. The average molecular weight is 417 g/mol. The predicted molar refractivity (Wildman–Crippen MR) is 128 cm³/mol. The van der Waals surface area contributed by atoms with E-state index in [-0.39, 0.29) is 6.10 Å². The van der Waals surface area contributed by atoms with Gasteiger partial charge in [0.25, 0.3) is 0 Å². The molecule has 4 saturated carbocycles. The zero-order valence-corrected chi connectivity index (χ0v) is 21.1. The number of aliphatic hydroxyl groups is 1.